The summed E-state index contributed by atoms with van der Waals surface area (Å²) < 4.78 is 10.7. The lowest BCUT2D eigenvalue weighted by molar-refractivity contribution is -0.161. The van der Waals surface area contributed by atoms with E-state index in [1.54, 1.807) is 0 Å². The molecule has 5 nitrogen and oxygen atoms in total. The summed E-state index contributed by atoms with van der Waals surface area (Å²) >= 11 is 0. The van der Waals surface area contributed by atoms with Crippen LogP contribution in [0.15, 0.2) is 109 Å². The molecule has 0 aliphatic carbocycles. The molecule has 0 rings (SSSR count). The van der Waals surface area contributed by atoms with Crippen LogP contribution in [0.25, 0.3) is 0 Å². The Kier molecular flexibility index (Phi) is 54.9. The minimum absolute atomic E-state index is 0.0812. The average molecular weight is 944 g/mol. The summed E-state index contributed by atoms with van der Waals surface area (Å²) in [5, 5.41) is 9.64. The first-order chi connectivity index (χ1) is 33.6. The maximum absolute atomic E-state index is 12.3. The summed E-state index contributed by atoms with van der Waals surface area (Å²) in [5.74, 6) is -0.616. The van der Waals surface area contributed by atoms with Crippen molar-refractivity contribution in [1.82, 2.24) is 0 Å². The highest BCUT2D eigenvalue weighted by Crippen LogP contribution is 2.16. The van der Waals surface area contributed by atoms with Gasteiger partial charge in [0.25, 0.3) is 0 Å². The van der Waals surface area contributed by atoms with Crippen LogP contribution in [0.3, 0.4) is 0 Å². The number of hydrogen-bond acceptors (Lipinski definition) is 5. The fourth-order valence-electron chi connectivity index (χ4n) is 7.87. The number of hydrogen-bond donors (Lipinski definition) is 1. The number of aliphatic hydroxyl groups excluding tert-OH is 1. The molecule has 0 aliphatic heterocycles. The van der Waals surface area contributed by atoms with Crippen LogP contribution >= 0.6 is 0 Å². The Morgan fingerprint density at radius 2 is 0.588 bits per heavy atom. The monoisotopic (exact) mass is 943 g/mol. The van der Waals surface area contributed by atoms with Crippen molar-refractivity contribution in [3.05, 3.63) is 109 Å². The Balaban J connectivity index is 3.47. The van der Waals surface area contributed by atoms with Crippen molar-refractivity contribution < 1.29 is 24.2 Å². The normalized spacial score (nSPS) is 13.0. The lowest BCUT2D eigenvalue weighted by atomic mass is 10.0. The first-order valence-electron chi connectivity index (χ1n) is 28.4. The molecule has 0 heterocycles. The third kappa shape index (κ3) is 55.2. The lowest BCUT2D eigenvalue weighted by Crippen LogP contribution is -2.28. The zero-order valence-corrected chi connectivity index (χ0v) is 44.3. The van der Waals surface area contributed by atoms with Gasteiger partial charge in [0.1, 0.15) is 6.61 Å². The Labute approximate surface area is 421 Å². The standard InChI is InChI=1S/C63H106O5/c1-3-5-7-9-11-13-15-17-19-21-22-23-24-25-26-27-28-29-30-31-32-33-34-35-36-37-38-39-40-42-44-46-48-50-52-54-56-58-63(66)68-61(59-64)60-67-62(65)57-55-53-51-49-47-45-43-41-20-18-16-14-12-10-8-6-4-2/h5-8,11-14,17-20,22-23,25-26,43,45,61,64H,3-4,9-10,15-16,21,24,27-42,44,46-60H2,1-2H3/b7-5-,8-6-,13-11-,14-12-,19-17-,20-18-,23-22-,26-25-,45-43-. The topological polar surface area (TPSA) is 72.8 Å². The van der Waals surface area contributed by atoms with Crippen LogP contribution in [0, 0.1) is 0 Å². The number of unbranched alkanes of at least 4 members (excludes halogenated alkanes) is 25. The van der Waals surface area contributed by atoms with Crippen LogP contribution in [0.4, 0.5) is 0 Å². The van der Waals surface area contributed by atoms with E-state index < -0.39 is 6.10 Å². The Hall–Kier alpha value is -3.44. The highest BCUT2D eigenvalue weighted by Gasteiger charge is 2.16. The van der Waals surface area contributed by atoms with E-state index in [2.05, 4.69) is 123 Å². The Morgan fingerprint density at radius 1 is 0.338 bits per heavy atom. The number of allylic oxidation sites excluding steroid dienone is 18. The maximum atomic E-state index is 12.3. The second-order valence-corrected chi connectivity index (χ2v) is 18.6. The Morgan fingerprint density at radius 3 is 0.882 bits per heavy atom. The first-order valence-corrected chi connectivity index (χ1v) is 28.4. The predicted octanol–water partition coefficient (Wildman–Crippen LogP) is 19.3. The van der Waals surface area contributed by atoms with Crippen LogP contribution in [0.1, 0.15) is 258 Å². The van der Waals surface area contributed by atoms with Crippen LogP contribution in [0.2, 0.25) is 0 Å². The molecule has 0 spiro atoms. The molecule has 0 aromatic heterocycles. The minimum atomic E-state index is -0.787. The van der Waals surface area contributed by atoms with E-state index in [1.807, 2.05) is 0 Å². The average Bonchev–Trinajstić information content (AvgIpc) is 3.34. The van der Waals surface area contributed by atoms with Gasteiger partial charge in [-0.05, 0) is 96.3 Å². The molecule has 388 valence electrons. The number of carbonyl (C=O) groups is 2. The molecular weight excluding hydrogens is 837 g/mol. The van der Waals surface area contributed by atoms with Gasteiger partial charge in [0.15, 0.2) is 6.10 Å². The van der Waals surface area contributed by atoms with Gasteiger partial charge in [-0.3, -0.25) is 9.59 Å². The van der Waals surface area contributed by atoms with E-state index in [0.717, 1.165) is 109 Å². The van der Waals surface area contributed by atoms with Crippen molar-refractivity contribution in [2.24, 2.45) is 0 Å². The second kappa shape index (κ2) is 57.9. The molecule has 0 aliphatic rings. The molecule has 0 fully saturated rings. The number of esters is 2. The Bertz CT molecular complexity index is 1340. The van der Waals surface area contributed by atoms with E-state index in [9.17, 15) is 14.7 Å². The van der Waals surface area contributed by atoms with Gasteiger partial charge in [0.05, 0.1) is 6.61 Å². The van der Waals surface area contributed by atoms with Gasteiger partial charge in [-0.15, -0.1) is 0 Å². The molecule has 0 aromatic carbocycles. The van der Waals surface area contributed by atoms with Crippen LogP contribution in [-0.2, 0) is 19.1 Å². The molecule has 0 aromatic rings. The van der Waals surface area contributed by atoms with Gasteiger partial charge in [-0.1, -0.05) is 258 Å². The number of rotatable bonds is 51. The zero-order valence-electron chi connectivity index (χ0n) is 44.3. The number of ether oxygens (including phenoxy) is 2. The fraction of sp³-hybridized carbons (Fsp3) is 0.683. The predicted molar refractivity (Wildman–Crippen MR) is 297 cm³/mol. The largest absolute Gasteiger partial charge is 0.462 e. The molecule has 68 heavy (non-hydrogen) atoms. The van der Waals surface area contributed by atoms with Gasteiger partial charge >= 0.3 is 11.9 Å². The van der Waals surface area contributed by atoms with Gasteiger partial charge in [0, 0.05) is 12.8 Å². The molecule has 0 amide bonds. The SMILES string of the molecule is CC/C=C\C/C=C\C/C=C\C/C=C\C/C=C\CCCCCCCCCCCCCCCCCCCCCCCC(=O)OC(CO)COC(=O)CCCCCC/C=C\C/C=C\C/C=C\C/C=C\CC. The van der Waals surface area contributed by atoms with Crippen LogP contribution in [0.5, 0.6) is 0 Å². The van der Waals surface area contributed by atoms with Crippen molar-refractivity contribution in [2.75, 3.05) is 13.2 Å². The molecule has 5 heteroatoms. The van der Waals surface area contributed by atoms with Crippen molar-refractivity contribution in [3.63, 3.8) is 0 Å². The number of carbonyl (C=O) groups excluding carboxylic acids is 2. The lowest BCUT2D eigenvalue weighted by Gasteiger charge is -2.15. The van der Waals surface area contributed by atoms with Gasteiger partial charge in [-0.2, -0.15) is 0 Å². The summed E-state index contributed by atoms with van der Waals surface area (Å²) in [7, 11) is 0. The van der Waals surface area contributed by atoms with Crippen molar-refractivity contribution in [2.45, 2.75) is 264 Å². The summed E-state index contributed by atoms with van der Waals surface area (Å²) in [6, 6.07) is 0. The highest BCUT2D eigenvalue weighted by molar-refractivity contribution is 5.70. The molecule has 0 saturated heterocycles. The first kappa shape index (κ1) is 64.6. The molecule has 1 atom stereocenters. The fourth-order valence-corrected chi connectivity index (χ4v) is 7.87. The van der Waals surface area contributed by atoms with Crippen molar-refractivity contribution in [3.8, 4) is 0 Å². The summed E-state index contributed by atoms with van der Waals surface area (Å²) in [6.45, 7) is 3.90. The van der Waals surface area contributed by atoms with Crippen molar-refractivity contribution >= 4 is 11.9 Å². The third-order valence-corrected chi connectivity index (χ3v) is 12.1. The molecule has 0 saturated carbocycles. The van der Waals surface area contributed by atoms with E-state index in [-0.39, 0.29) is 25.2 Å². The molecule has 0 radical (unpaired) electrons. The van der Waals surface area contributed by atoms with Crippen LogP contribution in [-0.4, -0.2) is 36.4 Å². The molecular formula is C63H106O5. The quantitative estimate of drug-likeness (QED) is 0.0374. The second-order valence-electron chi connectivity index (χ2n) is 18.6. The van der Waals surface area contributed by atoms with Crippen LogP contribution < -0.4 is 0 Å². The zero-order chi connectivity index (χ0) is 49.2. The van der Waals surface area contributed by atoms with E-state index >= 15 is 0 Å². The number of aliphatic hydroxyl groups is 1. The smallest absolute Gasteiger partial charge is 0.306 e. The summed E-state index contributed by atoms with van der Waals surface area (Å²) in [4.78, 5) is 24.5. The summed E-state index contributed by atoms with van der Waals surface area (Å²) in [6.07, 6.45) is 83.6. The van der Waals surface area contributed by atoms with Gasteiger partial charge < -0.3 is 14.6 Å². The molecule has 0 bridgehead atoms. The van der Waals surface area contributed by atoms with E-state index in [0.29, 0.717) is 12.8 Å². The highest BCUT2D eigenvalue weighted by atomic mass is 16.6. The van der Waals surface area contributed by atoms with Gasteiger partial charge in [0.2, 0.25) is 0 Å². The van der Waals surface area contributed by atoms with Crippen molar-refractivity contribution in [1.29, 1.82) is 0 Å². The minimum Gasteiger partial charge on any atom is -0.462 e. The molecule has 1 unspecified atom stereocenters. The molecule has 1 N–H and O–H groups in total. The van der Waals surface area contributed by atoms with Gasteiger partial charge in [-0.25, -0.2) is 0 Å². The summed E-state index contributed by atoms with van der Waals surface area (Å²) in [5.41, 5.74) is 0. The van der Waals surface area contributed by atoms with E-state index in [4.69, 9.17) is 9.47 Å². The maximum Gasteiger partial charge on any atom is 0.306 e. The van der Waals surface area contributed by atoms with E-state index in [1.165, 1.54) is 122 Å². The third-order valence-electron chi connectivity index (χ3n) is 12.1.